The number of aromatic nitrogens is 5. The van der Waals surface area contributed by atoms with Gasteiger partial charge in [0.05, 0.1) is 59.2 Å². The number of para-hydroxylation sites is 1. The summed E-state index contributed by atoms with van der Waals surface area (Å²) >= 11 is 6.36. The Labute approximate surface area is 212 Å². The van der Waals surface area contributed by atoms with Crippen LogP contribution >= 0.6 is 11.6 Å². The lowest BCUT2D eigenvalue weighted by Gasteiger charge is -2.44. The zero-order valence-corrected chi connectivity index (χ0v) is 20.8. The lowest BCUT2D eigenvalue weighted by molar-refractivity contribution is -0.125. The van der Waals surface area contributed by atoms with Crippen LogP contribution in [0.2, 0.25) is 5.02 Å². The zero-order valence-electron chi connectivity index (χ0n) is 20.0. The van der Waals surface area contributed by atoms with E-state index in [0.717, 1.165) is 17.0 Å². The van der Waals surface area contributed by atoms with Crippen LogP contribution in [0.5, 0.6) is 5.75 Å². The molecular weight excluding hydrogens is 482 g/mol. The molecule has 0 unspecified atom stereocenters. The number of nitrogens with zero attached hydrogens (tertiary/aromatic N) is 7. The molecule has 0 radical (unpaired) electrons. The molecule has 0 saturated carbocycles. The highest BCUT2D eigenvalue weighted by Crippen LogP contribution is 2.40. The topological polar surface area (TPSA) is 109 Å². The standard InChI is InChI=1S/C25H24ClN7O3/c1-14-20(11-33-19-6-4-5-17(26)22(19)36-15(2)23(33)34)32-10-18(27-9-21(32)30-14)16-7-28-24(29-8-16)31-12-25(3,35)13-31/h4-10,15,35H,11-13H2,1-3H3/t15-/m1/s1. The van der Waals surface area contributed by atoms with Gasteiger partial charge in [0.15, 0.2) is 17.5 Å². The molecule has 0 aliphatic carbocycles. The largest absolute Gasteiger partial charge is 0.477 e. The average molecular weight is 506 g/mol. The molecule has 184 valence electrons. The van der Waals surface area contributed by atoms with Crippen molar-refractivity contribution in [3.63, 3.8) is 0 Å². The van der Waals surface area contributed by atoms with Crippen molar-refractivity contribution >= 4 is 34.8 Å². The summed E-state index contributed by atoms with van der Waals surface area (Å²) in [6.07, 6.45) is 6.36. The molecule has 11 heteroatoms. The van der Waals surface area contributed by atoms with Gasteiger partial charge in [-0.25, -0.2) is 15.0 Å². The Kier molecular flexibility index (Phi) is 5.13. The molecule has 36 heavy (non-hydrogen) atoms. The monoisotopic (exact) mass is 505 g/mol. The number of anilines is 2. The Morgan fingerprint density at radius 3 is 2.67 bits per heavy atom. The van der Waals surface area contributed by atoms with Crippen molar-refractivity contribution in [2.24, 2.45) is 0 Å². The first-order chi connectivity index (χ1) is 17.2. The van der Waals surface area contributed by atoms with Crippen molar-refractivity contribution in [1.29, 1.82) is 0 Å². The fourth-order valence-corrected chi connectivity index (χ4v) is 4.91. The van der Waals surface area contributed by atoms with Gasteiger partial charge in [0.25, 0.3) is 5.91 Å². The zero-order chi connectivity index (χ0) is 25.2. The van der Waals surface area contributed by atoms with Crippen molar-refractivity contribution in [2.45, 2.75) is 39.0 Å². The second-order valence-electron chi connectivity index (χ2n) is 9.54. The maximum atomic E-state index is 13.1. The van der Waals surface area contributed by atoms with E-state index in [0.29, 0.717) is 53.4 Å². The summed E-state index contributed by atoms with van der Waals surface area (Å²) in [6.45, 7) is 6.72. The molecule has 2 aliphatic rings. The van der Waals surface area contributed by atoms with E-state index in [4.69, 9.17) is 16.3 Å². The molecule has 1 saturated heterocycles. The second kappa shape index (κ2) is 8.14. The van der Waals surface area contributed by atoms with E-state index in [1.54, 1.807) is 49.5 Å². The molecule has 0 bridgehead atoms. The van der Waals surface area contributed by atoms with Crippen LogP contribution in [0.25, 0.3) is 16.9 Å². The van der Waals surface area contributed by atoms with Crippen LogP contribution in [-0.2, 0) is 11.3 Å². The normalized spacial score (nSPS) is 18.7. The Hall–Kier alpha value is -3.76. The molecule has 4 aromatic rings. The molecule has 1 N–H and O–H groups in total. The van der Waals surface area contributed by atoms with E-state index in [2.05, 4.69) is 19.9 Å². The van der Waals surface area contributed by atoms with Crippen LogP contribution in [0.15, 0.2) is 43.0 Å². The molecule has 10 nitrogen and oxygen atoms in total. The van der Waals surface area contributed by atoms with E-state index in [9.17, 15) is 9.90 Å². The van der Waals surface area contributed by atoms with Gasteiger partial charge in [-0.3, -0.25) is 19.1 Å². The molecule has 1 fully saturated rings. The number of rotatable bonds is 4. The van der Waals surface area contributed by atoms with Gasteiger partial charge in [-0.15, -0.1) is 0 Å². The van der Waals surface area contributed by atoms with Crippen molar-refractivity contribution in [2.75, 3.05) is 22.9 Å². The predicted octanol–water partition coefficient (Wildman–Crippen LogP) is 3.03. The number of carbonyl (C=O) groups excluding carboxylic acids is 1. The number of hydrogen-bond donors (Lipinski definition) is 1. The van der Waals surface area contributed by atoms with E-state index < -0.39 is 11.7 Å². The fourth-order valence-electron chi connectivity index (χ4n) is 4.70. The third-order valence-corrected chi connectivity index (χ3v) is 6.84. The molecular formula is C25H24ClN7O3. The number of imidazole rings is 1. The number of halogens is 1. The van der Waals surface area contributed by atoms with E-state index in [1.807, 2.05) is 28.5 Å². The number of aryl methyl sites for hydroxylation is 1. The number of benzene rings is 1. The Morgan fingerprint density at radius 1 is 1.19 bits per heavy atom. The molecule has 1 atom stereocenters. The van der Waals surface area contributed by atoms with Crippen LogP contribution in [0, 0.1) is 6.92 Å². The van der Waals surface area contributed by atoms with Crippen LogP contribution in [0.4, 0.5) is 11.6 Å². The summed E-state index contributed by atoms with van der Waals surface area (Å²) in [5.41, 5.74) is 3.67. The fraction of sp³-hybridized carbons (Fsp3) is 0.320. The average Bonchev–Trinajstić information content (AvgIpc) is 3.15. The first-order valence-corrected chi connectivity index (χ1v) is 12.0. The molecule has 5 heterocycles. The first-order valence-electron chi connectivity index (χ1n) is 11.6. The highest BCUT2D eigenvalue weighted by atomic mass is 35.5. The molecule has 0 spiro atoms. The number of amides is 1. The number of β-amino-alcohol motifs (C(OH)–C–C–N with tert-alkyl or cyclic N) is 1. The highest BCUT2D eigenvalue weighted by molar-refractivity contribution is 6.32. The SMILES string of the molecule is Cc1nc2cnc(-c3cnc(N4CC(C)(O)C4)nc3)cn2c1CN1C(=O)[C@@H](C)Oc2c(Cl)cccc21. The molecule has 3 aromatic heterocycles. The maximum Gasteiger partial charge on any atom is 0.268 e. The smallest absolute Gasteiger partial charge is 0.268 e. The quantitative estimate of drug-likeness (QED) is 0.451. The number of fused-ring (bicyclic) bond motifs is 2. The van der Waals surface area contributed by atoms with E-state index >= 15 is 0 Å². The van der Waals surface area contributed by atoms with Gasteiger partial charge in [-0.2, -0.15) is 0 Å². The van der Waals surface area contributed by atoms with Gasteiger partial charge < -0.3 is 14.7 Å². The Morgan fingerprint density at radius 2 is 1.94 bits per heavy atom. The van der Waals surface area contributed by atoms with Gasteiger partial charge in [0.2, 0.25) is 5.95 Å². The van der Waals surface area contributed by atoms with Crippen molar-refractivity contribution in [3.05, 3.63) is 59.4 Å². The highest BCUT2D eigenvalue weighted by Gasteiger charge is 2.38. The van der Waals surface area contributed by atoms with Gasteiger partial charge in [-0.1, -0.05) is 17.7 Å². The maximum absolute atomic E-state index is 13.1. The number of ether oxygens (including phenoxy) is 1. The third-order valence-electron chi connectivity index (χ3n) is 6.54. The minimum absolute atomic E-state index is 0.151. The van der Waals surface area contributed by atoms with E-state index in [-0.39, 0.29) is 5.91 Å². The van der Waals surface area contributed by atoms with Crippen LogP contribution in [0.3, 0.4) is 0 Å². The molecule has 2 aliphatic heterocycles. The molecule has 1 aromatic carbocycles. The predicted molar refractivity (Wildman–Crippen MR) is 134 cm³/mol. The van der Waals surface area contributed by atoms with Crippen LogP contribution in [0.1, 0.15) is 25.2 Å². The van der Waals surface area contributed by atoms with Gasteiger partial charge >= 0.3 is 0 Å². The number of aliphatic hydroxyl groups is 1. The summed E-state index contributed by atoms with van der Waals surface area (Å²) in [7, 11) is 0. The molecule has 1 amide bonds. The lowest BCUT2D eigenvalue weighted by Crippen LogP contribution is -2.60. The van der Waals surface area contributed by atoms with Crippen LogP contribution < -0.4 is 14.5 Å². The van der Waals surface area contributed by atoms with Crippen molar-refractivity contribution < 1.29 is 14.6 Å². The Balaban J connectivity index is 1.34. The van der Waals surface area contributed by atoms with Crippen molar-refractivity contribution in [1.82, 2.24) is 24.3 Å². The Bertz CT molecular complexity index is 1490. The summed E-state index contributed by atoms with van der Waals surface area (Å²) < 4.78 is 7.72. The second-order valence-corrected chi connectivity index (χ2v) is 9.95. The minimum atomic E-state index is -0.699. The summed E-state index contributed by atoms with van der Waals surface area (Å²) in [5.74, 6) is 0.922. The minimum Gasteiger partial charge on any atom is -0.477 e. The number of hydrogen-bond acceptors (Lipinski definition) is 8. The summed E-state index contributed by atoms with van der Waals surface area (Å²) in [4.78, 5) is 34.8. The molecule has 6 rings (SSSR count). The van der Waals surface area contributed by atoms with Gasteiger partial charge in [0.1, 0.15) is 0 Å². The van der Waals surface area contributed by atoms with Gasteiger partial charge in [-0.05, 0) is 32.9 Å². The summed E-state index contributed by atoms with van der Waals surface area (Å²) in [6, 6.07) is 5.37. The van der Waals surface area contributed by atoms with Crippen molar-refractivity contribution in [3.8, 4) is 17.0 Å². The number of carbonyl (C=O) groups is 1. The third kappa shape index (κ3) is 3.73. The van der Waals surface area contributed by atoms with E-state index in [1.165, 1.54) is 0 Å². The van der Waals surface area contributed by atoms with Crippen LogP contribution in [-0.4, -0.2) is 60.1 Å². The first kappa shape index (κ1) is 22.7. The lowest BCUT2D eigenvalue weighted by atomic mass is 9.98. The summed E-state index contributed by atoms with van der Waals surface area (Å²) in [5, 5.41) is 10.4. The van der Waals surface area contributed by atoms with Gasteiger partial charge in [0, 0.05) is 24.2 Å².